The highest BCUT2D eigenvalue weighted by atomic mass is 19.1. The number of benzene rings is 1. The van der Waals surface area contributed by atoms with E-state index < -0.39 is 5.82 Å². The fraction of sp³-hybridized carbons (Fsp3) is 0.333. The number of aliphatic hydroxyl groups is 1. The van der Waals surface area contributed by atoms with Crippen molar-refractivity contribution in [2.45, 2.75) is 0 Å². The molecule has 1 rings (SSSR count). The molecule has 0 heterocycles. The first kappa shape index (κ1) is 9.80. The summed E-state index contributed by atoms with van der Waals surface area (Å²) in [5, 5.41) is 8.50. The molecule has 72 valence electrons. The molecule has 1 N–H and O–H groups in total. The van der Waals surface area contributed by atoms with Gasteiger partial charge in [0.15, 0.2) is 11.5 Å². The minimum atomic E-state index is -0.395. The van der Waals surface area contributed by atoms with Gasteiger partial charge >= 0.3 is 0 Å². The molecular weight excluding hydrogens is 175 g/mol. The molecular formula is C9H11FO3. The Balaban J connectivity index is 2.81. The number of halogens is 1. The van der Waals surface area contributed by atoms with Crippen molar-refractivity contribution in [3.05, 3.63) is 24.0 Å². The zero-order valence-corrected chi connectivity index (χ0v) is 7.29. The third-order valence-electron chi connectivity index (χ3n) is 1.47. The lowest BCUT2D eigenvalue weighted by atomic mass is 10.3. The van der Waals surface area contributed by atoms with Crippen molar-refractivity contribution in [3.63, 3.8) is 0 Å². The molecule has 0 saturated heterocycles. The van der Waals surface area contributed by atoms with Crippen molar-refractivity contribution in [2.24, 2.45) is 0 Å². The van der Waals surface area contributed by atoms with E-state index in [4.69, 9.17) is 14.6 Å². The Hall–Kier alpha value is -1.29. The van der Waals surface area contributed by atoms with E-state index in [1.807, 2.05) is 0 Å². The summed E-state index contributed by atoms with van der Waals surface area (Å²) < 4.78 is 22.7. The molecule has 0 bridgehead atoms. The SMILES string of the molecule is COc1ccc(F)cc1OCCO. The Morgan fingerprint density at radius 3 is 2.77 bits per heavy atom. The maximum Gasteiger partial charge on any atom is 0.164 e. The maximum atomic E-state index is 12.7. The highest BCUT2D eigenvalue weighted by molar-refractivity contribution is 5.39. The van der Waals surface area contributed by atoms with E-state index in [1.54, 1.807) is 0 Å². The van der Waals surface area contributed by atoms with Gasteiger partial charge in [0.25, 0.3) is 0 Å². The molecule has 4 heteroatoms. The van der Waals surface area contributed by atoms with Crippen LogP contribution in [-0.2, 0) is 0 Å². The number of hydrogen-bond donors (Lipinski definition) is 1. The zero-order valence-electron chi connectivity index (χ0n) is 7.29. The maximum absolute atomic E-state index is 12.7. The summed E-state index contributed by atoms with van der Waals surface area (Å²) in [6.45, 7) is 0.0134. The van der Waals surface area contributed by atoms with Crippen molar-refractivity contribution in [2.75, 3.05) is 20.3 Å². The molecule has 0 fully saturated rings. The van der Waals surface area contributed by atoms with E-state index in [2.05, 4.69) is 0 Å². The van der Waals surface area contributed by atoms with E-state index in [0.29, 0.717) is 11.5 Å². The van der Waals surface area contributed by atoms with E-state index in [0.717, 1.165) is 0 Å². The van der Waals surface area contributed by atoms with Crippen molar-refractivity contribution in [3.8, 4) is 11.5 Å². The molecule has 0 aromatic heterocycles. The lowest BCUT2D eigenvalue weighted by molar-refractivity contribution is 0.196. The predicted molar refractivity (Wildman–Crippen MR) is 45.5 cm³/mol. The van der Waals surface area contributed by atoms with Gasteiger partial charge < -0.3 is 14.6 Å². The van der Waals surface area contributed by atoms with E-state index in [-0.39, 0.29) is 13.2 Å². The zero-order chi connectivity index (χ0) is 9.68. The van der Waals surface area contributed by atoms with Crippen molar-refractivity contribution < 1.29 is 19.0 Å². The van der Waals surface area contributed by atoms with Gasteiger partial charge in [-0.15, -0.1) is 0 Å². The van der Waals surface area contributed by atoms with Crippen molar-refractivity contribution in [1.82, 2.24) is 0 Å². The van der Waals surface area contributed by atoms with E-state index >= 15 is 0 Å². The number of methoxy groups -OCH3 is 1. The van der Waals surface area contributed by atoms with Crippen LogP contribution in [0.4, 0.5) is 4.39 Å². The summed E-state index contributed by atoms with van der Waals surface area (Å²) in [5.74, 6) is 0.361. The van der Waals surface area contributed by atoms with Crippen LogP contribution in [0.1, 0.15) is 0 Å². The molecule has 1 aromatic rings. The minimum absolute atomic E-state index is 0.111. The highest BCUT2D eigenvalue weighted by Crippen LogP contribution is 2.27. The molecule has 0 atom stereocenters. The Labute approximate surface area is 75.7 Å². The normalized spacial score (nSPS) is 9.77. The van der Waals surface area contributed by atoms with Gasteiger partial charge in [-0.25, -0.2) is 4.39 Å². The summed E-state index contributed by atoms with van der Waals surface area (Å²) in [5.41, 5.74) is 0. The molecule has 1 aromatic carbocycles. The Morgan fingerprint density at radius 2 is 2.15 bits per heavy atom. The lowest BCUT2D eigenvalue weighted by Crippen LogP contribution is -2.03. The third kappa shape index (κ3) is 2.59. The topological polar surface area (TPSA) is 38.7 Å². The Bertz CT molecular complexity index is 276. The van der Waals surface area contributed by atoms with Gasteiger partial charge in [0.1, 0.15) is 12.4 Å². The molecule has 0 spiro atoms. The molecule has 0 radical (unpaired) electrons. The first-order valence-electron chi connectivity index (χ1n) is 3.85. The molecule has 0 amide bonds. The first-order chi connectivity index (χ1) is 6.27. The quantitative estimate of drug-likeness (QED) is 0.768. The van der Waals surface area contributed by atoms with Crippen LogP contribution in [0, 0.1) is 5.82 Å². The van der Waals surface area contributed by atoms with Crippen molar-refractivity contribution in [1.29, 1.82) is 0 Å². The standard InChI is InChI=1S/C9H11FO3/c1-12-8-3-2-7(10)6-9(8)13-5-4-11/h2-3,6,11H,4-5H2,1H3. The third-order valence-corrected chi connectivity index (χ3v) is 1.47. The monoisotopic (exact) mass is 186 g/mol. The lowest BCUT2D eigenvalue weighted by Gasteiger charge is -2.08. The molecule has 3 nitrogen and oxygen atoms in total. The van der Waals surface area contributed by atoms with Crippen LogP contribution in [0.15, 0.2) is 18.2 Å². The summed E-state index contributed by atoms with van der Waals surface area (Å²) in [6, 6.07) is 3.97. The van der Waals surface area contributed by atoms with Crippen LogP contribution in [0.25, 0.3) is 0 Å². The molecule has 0 saturated carbocycles. The van der Waals surface area contributed by atoms with Gasteiger partial charge in [-0.1, -0.05) is 0 Å². The molecule has 0 unspecified atom stereocenters. The van der Waals surface area contributed by atoms with Gasteiger partial charge in [-0.05, 0) is 12.1 Å². The molecule has 0 aliphatic rings. The van der Waals surface area contributed by atoms with Crippen LogP contribution in [0.5, 0.6) is 11.5 Å². The van der Waals surface area contributed by atoms with Gasteiger partial charge in [-0.3, -0.25) is 0 Å². The smallest absolute Gasteiger partial charge is 0.164 e. The van der Waals surface area contributed by atoms with Crippen LogP contribution < -0.4 is 9.47 Å². The minimum Gasteiger partial charge on any atom is -0.493 e. The second-order valence-corrected chi connectivity index (χ2v) is 2.37. The highest BCUT2D eigenvalue weighted by Gasteiger charge is 2.04. The largest absolute Gasteiger partial charge is 0.493 e. The second kappa shape index (κ2) is 4.67. The molecule has 0 aliphatic heterocycles. The molecule has 13 heavy (non-hydrogen) atoms. The fourth-order valence-electron chi connectivity index (χ4n) is 0.919. The second-order valence-electron chi connectivity index (χ2n) is 2.37. The van der Waals surface area contributed by atoms with Crippen LogP contribution >= 0.6 is 0 Å². The number of hydrogen-bond acceptors (Lipinski definition) is 3. The van der Waals surface area contributed by atoms with Gasteiger partial charge in [-0.2, -0.15) is 0 Å². The average molecular weight is 186 g/mol. The van der Waals surface area contributed by atoms with Gasteiger partial charge in [0.2, 0.25) is 0 Å². The van der Waals surface area contributed by atoms with E-state index in [1.165, 1.54) is 25.3 Å². The van der Waals surface area contributed by atoms with Crippen LogP contribution in [0.2, 0.25) is 0 Å². The fourth-order valence-corrected chi connectivity index (χ4v) is 0.919. The first-order valence-corrected chi connectivity index (χ1v) is 3.85. The van der Waals surface area contributed by atoms with Crippen LogP contribution in [0.3, 0.4) is 0 Å². The number of ether oxygens (including phenoxy) is 2. The number of aliphatic hydroxyl groups excluding tert-OH is 1. The summed E-state index contributed by atoms with van der Waals surface area (Å²) in [7, 11) is 1.47. The Kier molecular flexibility index (Phi) is 3.52. The van der Waals surface area contributed by atoms with Gasteiger partial charge in [0, 0.05) is 6.07 Å². The Morgan fingerprint density at radius 1 is 1.38 bits per heavy atom. The van der Waals surface area contributed by atoms with E-state index in [9.17, 15) is 4.39 Å². The summed E-state index contributed by atoms with van der Waals surface area (Å²) in [6.07, 6.45) is 0. The van der Waals surface area contributed by atoms with Crippen LogP contribution in [-0.4, -0.2) is 25.4 Å². The summed E-state index contributed by atoms with van der Waals surface area (Å²) in [4.78, 5) is 0. The molecule has 0 aliphatic carbocycles. The van der Waals surface area contributed by atoms with Crippen molar-refractivity contribution >= 4 is 0 Å². The average Bonchev–Trinajstić information content (AvgIpc) is 2.15. The number of rotatable bonds is 4. The predicted octanol–water partition coefficient (Wildman–Crippen LogP) is 1.21. The van der Waals surface area contributed by atoms with Gasteiger partial charge in [0.05, 0.1) is 13.7 Å². The summed E-state index contributed by atoms with van der Waals surface area (Å²) >= 11 is 0.